The SMILES string of the molecule is CCOc1ccc(CNC(=O)CCC(=O)N2CC3CCCN3c3ccccc32)cc1OC. The van der Waals surface area contributed by atoms with Crippen LogP contribution in [0.15, 0.2) is 42.5 Å². The summed E-state index contributed by atoms with van der Waals surface area (Å²) in [6.45, 7) is 4.59. The highest BCUT2D eigenvalue weighted by atomic mass is 16.5. The second kappa shape index (κ2) is 9.94. The lowest BCUT2D eigenvalue weighted by Gasteiger charge is -2.40. The van der Waals surface area contributed by atoms with E-state index in [0.29, 0.717) is 37.2 Å². The van der Waals surface area contributed by atoms with Crippen molar-refractivity contribution in [1.82, 2.24) is 5.32 Å². The summed E-state index contributed by atoms with van der Waals surface area (Å²) >= 11 is 0. The van der Waals surface area contributed by atoms with E-state index < -0.39 is 0 Å². The van der Waals surface area contributed by atoms with Crippen LogP contribution >= 0.6 is 0 Å². The number of nitrogens with zero attached hydrogens (tertiary/aromatic N) is 2. The zero-order valence-corrected chi connectivity index (χ0v) is 18.8. The van der Waals surface area contributed by atoms with E-state index in [2.05, 4.69) is 16.3 Å². The van der Waals surface area contributed by atoms with Gasteiger partial charge in [0, 0.05) is 38.5 Å². The van der Waals surface area contributed by atoms with Crippen LogP contribution in [0.2, 0.25) is 0 Å². The molecule has 2 aromatic carbocycles. The van der Waals surface area contributed by atoms with Gasteiger partial charge in [-0.25, -0.2) is 0 Å². The van der Waals surface area contributed by atoms with Gasteiger partial charge in [-0.15, -0.1) is 0 Å². The van der Waals surface area contributed by atoms with Gasteiger partial charge in [-0.3, -0.25) is 9.59 Å². The van der Waals surface area contributed by atoms with Crippen molar-refractivity contribution in [3.05, 3.63) is 48.0 Å². The number of para-hydroxylation sites is 2. The second-order valence-corrected chi connectivity index (χ2v) is 8.18. The molecule has 0 spiro atoms. The van der Waals surface area contributed by atoms with E-state index in [1.807, 2.05) is 48.2 Å². The molecule has 0 aromatic heterocycles. The van der Waals surface area contributed by atoms with Gasteiger partial charge in [0.15, 0.2) is 11.5 Å². The monoisotopic (exact) mass is 437 g/mol. The van der Waals surface area contributed by atoms with Crippen LogP contribution in [0.25, 0.3) is 0 Å². The average Bonchev–Trinajstić information content (AvgIpc) is 3.30. The van der Waals surface area contributed by atoms with Crippen LogP contribution in [0, 0.1) is 0 Å². The van der Waals surface area contributed by atoms with Crippen molar-refractivity contribution in [3.8, 4) is 11.5 Å². The third-order valence-corrected chi connectivity index (χ3v) is 6.14. The fourth-order valence-corrected chi connectivity index (χ4v) is 4.56. The summed E-state index contributed by atoms with van der Waals surface area (Å²) in [6.07, 6.45) is 2.61. The molecule has 0 saturated carbocycles. The molecule has 2 amide bonds. The van der Waals surface area contributed by atoms with E-state index in [0.717, 1.165) is 36.3 Å². The summed E-state index contributed by atoms with van der Waals surface area (Å²) in [5.41, 5.74) is 3.00. The minimum atomic E-state index is -0.140. The van der Waals surface area contributed by atoms with Crippen LogP contribution in [0.3, 0.4) is 0 Å². The van der Waals surface area contributed by atoms with Crippen molar-refractivity contribution < 1.29 is 19.1 Å². The number of carbonyl (C=O) groups is 2. The second-order valence-electron chi connectivity index (χ2n) is 8.18. The van der Waals surface area contributed by atoms with E-state index in [1.165, 1.54) is 0 Å². The molecule has 2 aliphatic rings. The number of hydrogen-bond acceptors (Lipinski definition) is 5. The molecule has 0 radical (unpaired) electrons. The molecular formula is C25H31N3O4. The average molecular weight is 438 g/mol. The summed E-state index contributed by atoms with van der Waals surface area (Å²) in [7, 11) is 1.59. The third-order valence-electron chi connectivity index (χ3n) is 6.14. The van der Waals surface area contributed by atoms with Crippen molar-refractivity contribution in [3.63, 3.8) is 0 Å². The maximum absolute atomic E-state index is 13.0. The van der Waals surface area contributed by atoms with Crippen LogP contribution < -0.4 is 24.6 Å². The zero-order chi connectivity index (χ0) is 22.5. The first-order valence-corrected chi connectivity index (χ1v) is 11.3. The molecule has 0 bridgehead atoms. The van der Waals surface area contributed by atoms with Gasteiger partial charge < -0.3 is 24.6 Å². The van der Waals surface area contributed by atoms with Crippen molar-refractivity contribution in [2.24, 2.45) is 0 Å². The molecule has 1 N–H and O–H groups in total. The van der Waals surface area contributed by atoms with E-state index >= 15 is 0 Å². The largest absolute Gasteiger partial charge is 0.493 e. The highest BCUT2D eigenvalue weighted by Gasteiger charge is 2.35. The Morgan fingerprint density at radius 2 is 1.91 bits per heavy atom. The van der Waals surface area contributed by atoms with Crippen LogP contribution in [0.4, 0.5) is 11.4 Å². The Morgan fingerprint density at radius 1 is 1.09 bits per heavy atom. The maximum Gasteiger partial charge on any atom is 0.227 e. The summed E-state index contributed by atoms with van der Waals surface area (Å²) < 4.78 is 10.9. The summed E-state index contributed by atoms with van der Waals surface area (Å²) in [6, 6.07) is 14.0. The normalized spacial score (nSPS) is 16.9. The molecule has 7 nitrogen and oxygen atoms in total. The van der Waals surface area contributed by atoms with Crippen molar-refractivity contribution in [2.45, 2.75) is 45.2 Å². The van der Waals surface area contributed by atoms with Crippen molar-refractivity contribution in [1.29, 1.82) is 0 Å². The van der Waals surface area contributed by atoms with Gasteiger partial charge in [-0.2, -0.15) is 0 Å². The van der Waals surface area contributed by atoms with Crippen LogP contribution in [0.5, 0.6) is 11.5 Å². The van der Waals surface area contributed by atoms with Crippen LogP contribution in [-0.2, 0) is 16.1 Å². The molecule has 32 heavy (non-hydrogen) atoms. The topological polar surface area (TPSA) is 71.1 Å². The molecule has 170 valence electrons. The molecule has 4 rings (SSSR count). The minimum absolute atomic E-state index is 0.00175. The van der Waals surface area contributed by atoms with E-state index in [1.54, 1.807) is 7.11 Å². The molecule has 1 fully saturated rings. The zero-order valence-electron chi connectivity index (χ0n) is 18.8. The number of amides is 2. The lowest BCUT2D eigenvalue weighted by atomic mass is 10.1. The van der Waals surface area contributed by atoms with Crippen molar-refractivity contribution >= 4 is 23.2 Å². The number of rotatable bonds is 8. The molecule has 2 heterocycles. The fourth-order valence-electron chi connectivity index (χ4n) is 4.56. The quantitative estimate of drug-likeness (QED) is 0.684. The Hall–Kier alpha value is -3.22. The Balaban J connectivity index is 1.32. The molecule has 7 heteroatoms. The summed E-state index contributed by atoms with van der Waals surface area (Å²) in [5.74, 6) is 1.18. The first kappa shape index (κ1) is 22.0. The van der Waals surface area contributed by atoms with E-state index in [-0.39, 0.29) is 24.7 Å². The van der Waals surface area contributed by atoms with Gasteiger partial charge in [-0.1, -0.05) is 18.2 Å². The predicted octanol–water partition coefficient (Wildman–Crippen LogP) is 3.51. The van der Waals surface area contributed by atoms with E-state index in [4.69, 9.17) is 9.47 Å². The first-order valence-electron chi connectivity index (χ1n) is 11.3. The Bertz CT molecular complexity index is 977. The van der Waals surface area contributed by atoms with Gasteiger partial charge in [0.25, 0.3) is 0 Å². The highest BCUT2D eigenvalue weighted by molar-refractivity contribution is 5.99. The van der Waals surface area contributed by atoms with Gasteiger partial charge in [-0.05, 0) is 49.6 Å². The van der Waals surface area contributed by atoms with Gasteiger partial charge in [0.1, 0.15) is 0 Å². The van der Waals surface area contributed by atoms with Crippen LogP contribution in [-0.4, -0.2) is 44.7 Å². The Morgan fingerprint density at radius 3 is 2.69 bits per heavy atom. The van der Waals surface area contributed by atoms with Gasteiger partial charge in [0.05, 0.1) is 25.1 Å². The molecule has 0 aliphatic carbocycles. The minimum Gasteiger partial charge on any atom is -0.493 e. The number of hydrogen-bond donors (Lipinski definition) is 1. The smallest absolute Gasteiger partial charge is 0.227 e. The number of anilines is 2. The maximum atomic E-state index is 13.0. The fraction of sp³-hybridized carbons (Fsp3) is 0.440. The molecule has 2 aliphatic heterocycles. The van der Waals surface area contributed by atoms with Gasteiger partial charge in [0.2, 0.25) is 11.8 Å². The predicted molar refractivity (Wildman–Crippen MR) is 124 cm³/mol. The number of fused-ring (bicyclic) bond motifs is 3. The summed E-state index contributed by atoms with van der Waals surface area (Å²) in [5, 5.41) is 2.90. The lowest BCUT2D eigenvalue weighted by Crippen LogP contribution is -2.48. The highest BCUT2D eigenvalue weighted by Crippen LogP contribution is 2.39. The van der Waals surface area contributed by atoms with Crippen LogP contribution in [0.1, 0.15) is 38.2 Å². The Kier molecular flexibility index (Phi) is 6.83. The number of carbonyl (C=O) groups excluding carboxylic acids is 2. The summed E-state index contributed by atoms with van der Waals surface area (Å²) in [4.78, 5) is 29.7. The molecular weight excluding hydrogens is 406 g/mol. The van der Waals surface area contributed by atoms with Gasteiger partial charge >= 0.3 is 0 Å². The molecule has 1 unspecified atom stereocenters. The van der Waals surface area contributed by atoms with E-state index in [9.17, 15) is 9.59 Å². The number of nitrogens with one attached hydrogen (secondary N) is 1. The number of ether oxygens (including phenoxy) is 2. The molecule has 1 atom stereocenters. The lowest BCUT2D eigenvalue weighted by molar-refractivity contribution is -0.125. The number of benzene rings is 2. The number of methoxy groups -OCH3 is 1. The molecule has 2 aromatic rings. The molecule has 1 saturated heterocycles. The Labute approximate surface area is 189 Å². The standard InChI is InChI=1S/C25H31N3O4/c1-3-32-22-11-10-18(15-23(22)31-2)16-26-24(29)12-13-25(30)28-17-19-7-6-14-27(19)20-8-4-5-9-21(20)28/h4-5,8-11,15,19H,3,6-7,12-14,16-17H2,1-2H3,(H,26,29). The third kappa shape index (κ3) is 4.66. The first-order chi connectivity index (χ1) is 15.6. The van der Waals surface area contributed by atoms with Crippen molar-refractivity contribution in [2.75, 3.05) is 36.6 Å².